The third-order valence-corrected chi connectivity index (χ3v) is 3.76. The van der Waals surface area contributed by atoms with Crippen molar-refractivity contribution in [2.24, 2.45) is 7.05 Å². The second-order valence-corrected chi connectivity index (χ2v) is 5.24. The Morgan fingerprint density at radius 3 is 2.83 bits per heavy atom. The van der Waals surface area contributed by atoms with E-state index in [2.05, 4.69) is 34.0 Å². The number of hydrogen-bond donors (Lipinski definition) is 1. The summed E-state index contributed by atoms with van der Waals surface area (Å²) in [6.45, 7) is 3.03. The Morgan fingerprint density at radius 2 is 2.17 bits per heavy atom. The van der Waals surface area contributed by atoms with E-state index in [1.54, 1.807) is 4.68 Å². The monoisotopic (exact) mass is 253 g/mol. The van der Waals surface area contributed by atoms with E-state index in [9.17, 15) is 5.11 Å². The average molecular weight is 253 g/mol. The van der Waals surface area contributed by atoms with Gasteiger partial charge in [-0.25, -0.2) is 4.98 Å². The second kappa shape index (κ2) is 5.77. The lowest BCUT2D eigenvalue weighted by Crippen LogP contribution is -2.47. The fraction of sp³-hybridized carbons (Fsp3) is 0.833. The van der Waals surface area contributed by atoms with Crippen LogP contribution < -0.4 is 0 Å². The Labute approximate surface area is 108 Å². The Hall–Kier alpha value is -0.980. The Kier molecular flexibility index (Phi) is 4.31. The van der Waals surface area contributed by atoms with Crippen LogP contribution in [0.3, 0.4) is 0 Å². The normalized spacial score (nSPS) is 25.0. The summed E-state index contributed by atoms with van der Waals surface area (Å²) in [7, 11) is 6.06. The van der Waals surface area contributed by atoms with E-state index in [1.165, 1.54) is 6.33 Å². The molecular formula is C12H23N5O. The van der Waals surface area contributed by atoms with E-state index in [0.717, 1.165) is 31.9 Å². The summed E-state index contributed by atoms with van der Waals surface area (Å²) >= 11 is 0. The molecule has 1 N–H and O–H groups in total. The zero-order chi connectivity index (χ0) is 13.1. The molecule has 0 saturated carbocycles. The van der Waals surface area contributed by atoms with Crippen molar-refractivity contribution in [2.45, 2.75) is 25.0 Å². The van der Waals surface area contributed by atoms with E-state index in [0.29, 0.717) is 6.42 Å². The van der Waals surface area contributed by atoms with E-state index in [1.807, 2.05) is 7.05 Å². The highest BCUT2D eigenvalue weighted by molar-refractivity contribution is 4.92. The summed E-state index contributed by atoms with van der Waals surface area (Å²) in [4.78, 5) is 8.72. The largest absolute Gasteiger partial charge is 0.391 e. The number of aromatic nitrogens is 3. The molecule has 0 bridgehead atoms. The van der Waals surface area contributed by atoms with Crippen molar-refractivity contribution in [1.82, 2.24) is 24.6 Å². The molecule has 0 amide bonds. The van der Waals surface area contributed by atoms with Gasteiger partial charge < -0.3 is 10.0 Å². The van der Waals surface area contributed by atoms with Gasteiger partial charge in [-0.05, 0) is 33.6 Å². The van der Waals surface area contributed by atoms with Crippen LogP contribution in [0.4, 0.5) is 0 Å². The van der Waals surface area contributed by atoms with Gasteiger partial charge in [-0.15, -0.1) is 0 Å². The molecule has 0 spiro atoms. The van der Waals surface area contributed by atoms with Crippen LogP contribution in [0.2, 0.25) is 0 Å². The number of aliphatic hydroxyl groups excluding tert-OH is 1. The third-order valence-electron chi connectivity index (χ3n) is 3.76. The minimum Gasteiger partial charge on any atom is -0.391 e. The van der Waals surface area contributed by atoms with Crippen molar-refractivity contribution in [1.29, 1.82) is 0 Å². The van der Waals surface area contributed by atoms with Crippen molar-refractivity contribution in [2.75, 3.05) is 33.7 Å². The predicted molar refractivity (Wildman–Crippen MR) is 69.2 cm³/mol. The van der Waals surface area contributed by atoms with Gasteiger partial charge in [-0.1, -0.05) is 0 Å². The first-order chi connectivity index (χ1) is 8.58. The van der Waals surface area contributed by atoms with E-state index in [-0.39, 0.29) is 6.04 Å². The van der Waals surface area contributed by atoms with E-state index >= 15 is 0 Å². The smallest absolute Gasteiger partial charge is 0.138 e. The van der Waals surface area contributed by atoms with Gasteiger partial charge in [-0.2, -0.15) is 5.10 Å². The number of likely N-dealkylation sites (N-methyl/N-ethyl adjacent to an activating group) is 2. The molecule has 2 rings (SSSR count). The van der Waals surface area contributed by atoms with Crippen LogP contribution in [0.5, 0.6) is 0 Å². The summed E-state index contributed by atoms with van der Waals surface area (Å²) in [6, 6.07) is 0.161. The van der Waals surface area contributed by atoms with Gasteiger partial charge in [-0.3, -0.25) is 9.58 Å². The molecule has 0 radical (unpaired) electrons. The number of nitrogens with zero attached hydrogens (tertiary/aromatic N) is 5. The lowest BCUT2D eigenvalue weighted by atomic mass is 10.1. The molecule has 2 atom stereocenters. The van der Waals surface area contributed by atoms with Gasteiger partial charge in [0.1, 0.15) is 12.2 Å². The van der Waals surface area contributed by atoms with Gasteiger partial charge in [0.25, 0.3) is 0 Å². The SMILES string of the molecule is CN1CCCN(C)C(C(O)Cc2ncnn2C)C1. The van der Waals surface area contributed by atoms with Crippen LogP contribution >= 0.6 is 0 Å². The highest BCUT2D eigenvalue weighted by Gasteiger charge is 2.28. The molecule has 1 fully saturated rings. The molecule has 1 aliphatic heterocycles. The van der Waals surface area contributed by atoms with Crippen molar-refractivity contribution in [3.05, 3.63) is 12.2 Å². The van der Waals surface area contributed by atoms with Crippen LogP contribution in [-0.2, 0) is 13.5 Å². The number of aryl methyl sites for hydroxylation is 1. The summed E-state index contributed by atoms with van der Waals surface area (Å²) in [5, 5.41) is 14.5. The van der Waals surface area contributed by atoms with Crippen LogP contribution in [0.1, 0.15) is 12.2 Å². The third kappa shape index (κ3) is 3.07. The average Bonchev–Trinajstić information content (AvgIpc) is 2.62. The lowest BCUT2D eigenvalue weighted by Gasteiger charge is -2.31. The molecule has 1 saturated heterocycles. The fourth-order valence-electron chi connectivity index (χ4n) is 2.55. The number of aliphatic hydroxyl groups is 1. The maximum absolute atomic E-state index is 10.4. The molecule has 1 aromatic heterocycles. The Balaban J connectivity index is 2.02. The second-order valence-electron chi connectivity index (χ2n) is 5.24. The number of rotatable bonds is 3. The molecule has 0 aliphatic carbocycles. The van der Waals surface area contributed by atoms with E-state index < -0.39 is 6.10 Å². The molecular weight excluding hydrogens is 230 g/mol. The standard InChI is InChI=1S/C12H23N5O/c1-15-5-4-6-16(2)10(8-15)11(18)7-12-13-9-14-17(12)3/h9-11,18H,4-8H2,1-3H3. The minimum absolute atomic E-state index is 0.161. The van der Waals surface area contributed by atoms with Gasteiger partial charge in [0.15, 0.2) is 0 Å². The van der Waals surface area contributed by atoms with Gasteiger partial charge in [0.05, 0.1) is 6.10 Å². The van der Waals surface area contributed by atoms with Gasteiger partial charge in [0, 0.05) is 26.1 Å². The molecule has 0 aromatic carbocycles. The fourth-order valence-corrected chi connectivity index (χ4v) is 2.55. The number of hydrogen-bond acceptors (Lipinski definition) is 5. The Morgan fingerprint density at radius 1 is 1.39 bits per heavy atom. The van der Waals surface area contributed by atoms with E-state index in [4.69, 9.17) is 0 Å². The van der Waals surface area contributed by atoms with Gasteiger partial charge >= 0.3 is 0 Å². The highest BCUT2D eigenvalue weighted by atomic mass is 16.3. The zero-order valence-corrected chi connectivity index (χ0v) is 11.5. The molecule has 6 nitrogen and oxygen atoms in total. The first-order valence-corrected chi connectivity index (χ1v) is 6.47. The van der Waals surface area contributed by atoms with Crippen LogP contribution in [0.15, 0.2) is 6.33 Å². The maximum atomic E-state index is 10.4. The molecule has 2 heterocycles. The van der Waals surface area contributed by atoms with Crippen molar-refractivity contribution in [3.63, 3.8) is 0 Å². The van der Waals surface area contributed by atoms with Crippen molar-refractivity contribution < 1.29 is 5.11 Å². The molecule has 1 aliphatic rings. The lowest BCUT2D eigenvalue weighted by molar-refractivity contribution is 0.0562. The van der Waals surface area contributed by atoms with Crippen LogP contribution in [-0.4, -0.2) is 75.5 Å². The van der Waals surface area contributed by atoms with Crippen molar-refractivity contribution in [3.8, 4) is 0 Å². The topological polar surface area (TPSA) is 57.4 Å². The summed E-state index contributed by atoms with van der Waals surface area (Å²) in [5.41, 5.74) is 0. The molecule has 6 heteroatoms. The minimum atomic E-state index is -0.404. The van der Waals surface area contributed by atoms with Crippen LogP contribution in [0, 0.1) is 0 Å². The molecule has 102 valence electrons. The first-order valence-electron chi connectivity index (χ1n) is 6.47. The first kappa shape index (κ1) is 13.5. The highest BCUT2D eigenvalue weighted by Crippen LogP contribution is 2.13. The summed E-state index contributed by atoms with van der Waals surface area (Å²) in [6.07, 6.45) is 2.84. The predicted octanol–water partition coefficient (Wildman–Crippen LogP) is -0.646. The van der Waals surface area contributed by atoms with Crippen LogP contribution in [0.25, 0.3) is 0 Å². The zero-order valence-electron chi connectivity index (χ0n) is 11.5. The molecule has 2 unspecified atom stereocenters. The van der Waals surface area contributed by atoms with Gasteiger partial charge in [0.2, 0.25) is 0 Å². The Bertz CT molecular complexity index is 380. The quantitative estimate of drug-likeness (QED) is 0.776. The molecule has 1 aromatic rings. The van der Waals surface area contributed by atoms with Crippen molar-refractivity contribution >= 4 is 0 Å². The molecule has 18 heavy (non-hydrogen) atoms. The summed E-state index contributed by atoms with van der Waals surface area (Å²) < 4.78 is 1.73. The summed E-state index contributed by atoms with van der Waals surface area (Å²) in [5.74, 6) is 0.836. The maximum Gasteiger partial charge on any atom is 0.138 e.